The van der Waals surface area contributed by atoms with Crippen molar-refractivity contribution in [1.82, 2.24) is 15.0 Å². The van der Waals surface area contributed by atoms with Gasteiger partial charge in [0.25, 0.3) is 0 Å². The molecule has 98 valence electrons. The summed E-state index contributed by atoms with van der Waals surface area (Å²) < 4.78 is 2.07. The van der Waals surface area contributed by atoms with Crippen molar-refractivity contribution in [3.8, 4) is 11.4 Å². The first kappa shape index (κ1) is 13.2. The minimum atomic E-state index is 0.598. The third-order valence-electron chi connectivity index (χ3n) is 3.04. The average Bonchev–Trinajstić information content (AvgIpc) is 3.23. The number of nitrogens with one attached hydrogen (secondary N) is 1. The lowest BCUT2D eigenvalue weighted by Gasteiger charge is -2.10. The molecule has 0 amide bonds. The Hall–Kier alpha value is -0.760. The minimum Gasteiger partial charge on any atom is -0.372 e. The van der Waals surface area contributed by atoms with Gasteiger partial charge in [-0.2, -0.15) is 0 Å². The van der Waals surface area contributed by atoms with Gasteiger partial charge in [0.1, 0.15) is 5.82 Å². The highest BCUT2D eigenvalue weighted by molar-refractivity contribution is 14.1. The van der Waals surface area contributed by atoms with Gasteiger partial charge < -0.3 is 5.32 Å². The van der Waals surface area contributed by atoms with Crippen molar-refractivity contribution in [3.05, 3.63) is 32.2 Å². The van der Waals surface area contributed by atoms with E-state index >= 15 is 0 Å². The summed E-state index contributed by atoms with van der Waals surface area (Å²) in [5.41, 5.74) is 2.10. The van der Waals surface area contributed by atoms with Crippen molar-refractivity contribution >= 4 is 44.3 Å². The number of rotatable bonds is 3. The molecule has 2 aromatic rings. The third kappa shape index (κ3) is 2.74. The lowest BCUT2D eigenvalue weighted by atomic mass is 10.2. The molecule has 0 aliphatic heterocycles. The van der Waals surface area contributed by atoms with Gasteiger partial charge in [-0.3, -0.25) is 4.98 Å². The first-order chi connectivity index (χ1) is 9.19. The van der Waals surface area contributed by atoms with Crippen molar-refractivity contribution in [2.45, 2.75) is 18.8 Å². The molecule has 2 aromatic heterocycles. The maximum absolute atomic E-state index is 4.73. The van der Waals surface area contributed by atoms with E-state index in [-0.39, 0.29) is 0 Å². The van der Waals surface area contributed by atoms with Gasteiger partial charge in [-0.1, -0.05) is 0 Å². The quantitative estimate of drug-likeness (QED) is 0.752. The predicted octanol–water partition coefficient (Wildman–Crippen LogP) is 3.82. The standard InChI is InChI=1S/C13H12BrIN4/c1-16-13-10(15)11(7-2-3-7)18-12(19-13)8-4-9(14)6-17-5-8/h4-7H,2-3H2,1H3,(H,16,18,19). The fourth-order valence-electron chi connectivity index (χ4n) is 1.92. The van der Waals surface area contributed by atoms with Crippen LogP contribution in [0.5, 0.6) is 0 Å². The Morgan fingerprint density at radius 1 is 1.32 bits per heavy atom. The summed E-state index contributed by atoms with van der Waals surface area (Å²) in [6.45, 7) is 0. The van der Waals surface area contributed by atoms with Crippen LogP contribution in [0.4, 0.5) is 5.82 Å². The van der Waals surface area contributed by atoms with E-state index in [1.807, 2.05) is 13.1 Å². The number of hydrogen-bond donors (Lipinski definition) is 1. The highest BCUT2D eigenvalue weighted by Crippen LogP contribution is 2.42. The largest absolute Gasteiger partial charge is 0.372 e. The van der Waals surface area contributed by atoms with Crippen molar-refractivity contribution < 1.29 is 0 Å². The maximum Gasteiger partial charge on any atom is 0.163 e. The molecule has 0 radical (unpaired) electrons. The zero-order valence-corrected chi connectivity index (χ0v) is 14.1. The summed E-state index contributed by atoms with van der Waals surface area (Å²) in [4.78, 5) is 13.5. The van der Waals surface area contributed by atoms with E-state index in [1.54, 1.807) is 12.4 Å². The lowest BCUT2D eigenvalue weighted by molar-refractivity contribution is 0.977. The molecule has 1 saturated carbocycles. The van der Waals surface area contributed by atoms with Gasteiger partial charge in [0.15, 0.2) is 5.82 Å². The second-order valence-corrected chi connectivity index (χ2v) is 6.51. The molecule has 1 N–H and O–H groups in total. The molecule has 19 heavy (non-hydrogen) atoms. The van der Waals surface area contributed by atoms with Crippen LogP contribution in [-0.4, -0.2) is 22.0 Å². The molecule has 2 heterocycles. The lowest BCUT2D eigenvalue weighted by Crippen LogP contribution is -2.04. The molecule has 0 atom stereocenters. The van der Waals surface area contributed by atoms with Gasteiger partial charge in [-0.15, -0.1) is 0 Å². The van der Waals surface area contributed by atoms with E-state index in [1.165, 1.54) is 12.8 Å². The number of halogens is 2. The van der Waals surface area contributed by atoms with Crippen LogP contribution < -0.4 is 5.32 Å². The molecule has 0 spiro atoms. The number of pyridine rings is 1. The van der Waals surface area contributed by atoms with Gasteiger partial charge in [-0.25, -0.2) is 9.97 Å². The van der Waals surface area contributed by atoms with Crippen LogP contribution in [0, 0.1) is 3.57 Å². The highest BCUT2D eigenvalue weighted by Gasteiger charge is 2.29. The second-order valence-electron chi connectivity index (χ2n) is 4.51. The van der Waals surface area contributed by atoms with Gasteiger partial charge in [0.05, 0.1) is 9.26 Å². The first-order valence-corrected chi connectivity index (χ1v) is 7.92. The maximum atomic E-state index is 4.73. The summed E-state index contributed by atoms with van der Waals surface area (Å²) in [6, 6.07) is 1.99. The molecule has 4 nitrogen and oxygen atoms in total. The summed E-state index contributed by atoms with van der Waals surface area (Å²) in [6.07, 6.45) is 6.01. The molecule has 0 saturated heterocycles. The predicted molar refractivity (Wildman–Crippen MR) is 87.2 cm³/mol. The van der Waals surface area contributed by atoms with Crippen molar-refractivity contribution in [3.63, 3.8) is 0 Å². The number of hydrogen-bond acceptors (Lipinski definition) is 4. The summed E-state index contributed by atoms with van der Waals surface area (Å²) >= 11 is 5.76. The first-order valence-electron chi connectivity index (χ1n) is 6.05. The second kappa shape index (κ2) is 5.32. The van der Waals surface area contributed by atoms with Crippen LogP contribution in [0.2, 0.25) is 0 Å². The molecule has 3 rings (SSSR count). The fraction of sp³-hybridized carbons (Fsp3) is 0.308. The molecule has 0 bridgehead atoms. The molecule has 6 heteroatoms. The van der Waals surface area contributed by atoms with Gasteiger partial charge in [0, 0.05) is 35.4 Å². The Balaban J connectivity index is 2.13. The zero-order valence-electron chi connectivity index (χ0n) is 10.3. The minimum absolute atomic E-state index is 0.598. The fourth-order valence-corrected chi connectivity index (χ4v) is 3.24. The van der Waals surface area contributed by atoms with Gasteiger partial charge >= 0.3 is 0 Å². The van der Waals surface area contributed by atoms with Gasteiger partial charge in [0.2, 0.25) is 0 Å². The smallest absolute Gasteiger partial charge is 0.163 e. The van der Waals surface area contributed by atoms with Gasteiger partial charge in [-0.05, 0) is 57.4 Å². The summed E-state index contributed by atoms with van der Waals surface area (Å²) in [5.74, 6) is 2.23. The Morgan fingerprint density at radius 2 is 2.11 bits per heavy atom. The topological polar surface area (TPSA) is 50.7 Å². The van der Waals surface area contributed by atoms with E-state index in [2.05, 4.69) is 53.8 Å². The number of anilines is 1. The van der Waals surface area contributed by atoms with Crippen LogP contribution in [0.3, 0.4) is 0 Å². The summed E-state index contributed by atoms with van der Waals surface area (Å²) in [7, 11) is 1.89. The Kier molecular flexibility index (Phi) is 3.70. The Labute approximate surface area is 133 Å². The molecule has 0 aromatic carbocycles. The SMILES string of the molecule is CNc1nc(-c2cncc(Br)c2)nc(C2CC2)c1I. The molecule has 1 aliphatic rings. The van der Waals surface area contributed by atoms with Crippen LogP contribution in [0.1, 0.15) is 24.5 Å². The number of nitrogens with zero attached hydrogens (tertiary/aromatic N) is 3. The van der Waals surface area contributed by atoms with E-state index in [0.717, 1.165) is 30.9 Å². The normalized spacial score (nSPS) is 14.5. The van der Waals surface area contributed by atoms with Crippen LogP contribution in [0.15, 0.2) is 22.9 Å². The van der Waals surface area contributed by atoms with Crippen LogP contribution >= 0.6 is 38.5 Å². The molecular formula is C13H12BrIN4. The van der Waals surface area contributed by atoms with E-state index in [0.29, 0.717) is 5.92 Å². The zero-order chi connectivity index (χ0) is 13.4. The molecule has 1 fully saturated rings. The highest BCUT2D eigenvalue weighted by atomic mass is 127. The average molecular weight is 431 g/mol. The molecular weight excluding hydrogens is 419 g/mol. The van der Waals surface area contributed by atoms with Crippen molar-refractivity contribution in [2.75, 3.05) is 12.4 Å². The number of aromatic nitrogens is 3. The van der Waals surface area contributed by atoms with Crippen molar-refractivity contribution in [1.29, 1.82) is 0 Å². The van der Waals surface area contributed by atoms with Crippen molar-refractivity contribution in [2.24, 2.45) is 0 Å². The molecule has 0 unspecified atom stereocenters. The third-order valence-corrected chi connectivity index (χ3v) is 4.54. The Bertz CT molecular complexity index is 628. The van der Waals surface area contributed by atoms with E-state index < -0.39 is 0 Å². The Morgan fingerprint density at radius 3 is 2.74 bits per heavy atom. The van der Waals surface area contributed by atoms with Crippen LogP contribution in [0.25, 0.3) is 11.4 Å². The van der Waals surface area contributed by atoms with E-state index in [9.17, 15) is 0 Å². The monoisotopic (exact) mass is 430 g/mol. The van der Waals surface area contributed by atoms with E-state index in [4.69, 9.17) is 4.98 Å². The summed E-state index contributed by atoms with van der Waals surface area (Å²) in [5, 5.41) is 3.15. The molecule has 1 aliphatic carbocycles. The van der Waals surface area contributed by atoms with Crippen LogP contribution in [-0.2, 0) is 0 Å².